The van der Waals surface area contributed by atoms with Crippen molar-refractivity contribution in [3.05, 3.63) is 64.5 Å². The van der Waals surface area contributed by atoms with Gasteiger partial charge in [-0.15, -0.1) is 20.4 Å². The third-order valence-electron chi connectivity index (χ3n) is 5.03. The van der Waals surface area contributed by atoms with Crippen molar-refractivity contribution < 1.29 is 38.1 Å². The van der Waals surface area contributed by atoms with Gasteiger partial charge in [0.15, 0.2) is 5.82 Å². The molecule has 14 nitrogen and oxygen atoms in total. The minimum Gasteiger partial charge on any atom is -0.491 e. The van der Waals surface area contributed by atoms with Crippen LogP contribution in [0.5, 0.6) is 11.5 Å². The molecule has 3 aromatic rings. The fraction of sp³-hybridized carbons (Fsp3) is 0.423. The van der Waals surface area contributed by atoms with Gasteiger partial charge >= 0.3 is 5.97 Å². The number of hydrogen-bond acceptors (Lipinski definition) is 13. The van der Waals surface area contributed by atoms with Crippen LogP contribution in [0, 0.1) is 17.0 Å². The second kappa shape index (κ2) is 17.5. The van der Waals surface area contributed by atoms with Gasteiger partial charge in [-0.05, 0) is 43.3 Å². The predicted octanol–water partition coefficient (Wildman–Crippen LogP) is 2.59. The number of nitro benzene ring substituents is 1. The molecule has 0 unspecified atom stereocenters. The molecule has 1 aromatic heterocycles. The Morgan fingerprint density at radius 2 is 1.20 bits per heavy atom. The molecule has 0 aliphatic heterocycles. The van der Waals surface area contributed by atoms with Crippen molar-refractivity contribution in [1.29, 1.82) is 0 Å². The Labute approximate surface area is 230 Å². The molecule has 0 N–H and O–H groups in total. The summed E-state index contributed by atoms with van der Waals surface area (Å²) in [6, 6.07) is 12.6. The van der Waals surface area contributed by atoms with Crippen LogP contribution in [-0.4, -0.2) is 90.7 Å². The molecule has 214 valence electrons. The normalized spacial score (nSPS) is 10.8. The van der Waals surface area contributed by atoms with E-state index in [4.69, 9.17) is 28.4 Å². The number of esters is 1. The van der Waals surface area contributed by atoms with Gasteiger partial charge < -0.3 is 28.4 Å². The molecule has 0 fully saturated rings. The van der Waals surface area contributed by atoms with Crippen molar-refractivity contribution in [3.63, 3.8) is 0 Å². The molecule has 3 rings (SSSR count). The monoisotopic (exact) mass is 557 g/mol. The van der Waals surface area contributed by atoms with Gasteiger partial charge in [0.1, 0.15) is 18.1 Å². The van der Waals surface area contributed by atoms with E-state index in [1.807, 2.05) is 24.3 Å². The highest BCUT2D eigenvalue weighted by atomic mass is 16.6. The largest absolute Gasteiger partial charge is 0.491 e. The smallest absolute Gasteiger partial charge is 0.313 e. The van der Waals surface area contributed by atoms with Crippen LogP contribution >= 0.6 is 0 Å². The number of nitro groups is 1. The van der Waals surface area contributed by atoms with Crippen molar-refractivity contribution >= 4 is 11.7 Å². The molecule has 0 saturated heterocycles. The van der Waals surface area contributed by atoms with Crippen molar-refractivity contribution in [2.45, 2.75) is 13.3 Å². The fourth-order valence-electron chi connectivity index (χ4n) is 3.05. The number of rotatable bonds is 19. The molecule has 0 atom stereocenters. The maximum Gasteiger partial charge on any atom is 0.313 e. The van der Waals surface area contributed by atoms with Crippen LogP contribution < -0.4 is 9.47 Å². The van der Waals surface area contributed by atoms with Crippen molar-refractivity contribution in [2.75, 3.05) is 59.5 Å². The van der Waals surface area contributed by atoms with E-state index in [1.165, 1.54) is 24.3 Å². The van der Waals surface area contributed by atoms with Crippen LogP contribution in [0.4, 0.5) is 5.69 Å². The SMILES string of the molecule is Cc1nnc(-c2ccc(OCCOCCOCCOCCOCCC(=O)Oc3ccc([N+](=O)[O-])cc3)cc2)nn1. The summed E-state index contributed by atoms with van der Waals surface area (Å²) in [5.41, 5.74) is 0.728. The lowest BCUT2D eigenvalue weighted by atomic mass is 10.2. The fourth-order valence-corrected chi connectivity index (χ4v) is 3.05. The predicted molar refractivity (Wildman–Crippen MR) is 140 cm³/mol. The quantitative estimate of drug-likeness (QED) is 0.0694. The molecule has 0 aliphatic carbocycles. The Morgan fingerprint density at radius 1 is 0.700 bits per heavy atom. The number of non-ortho nitro benzene ring substituents is 1. The Bertz CT molecular complexity index is 1160. The summed E-state index contributed by atoms with van der Waals surface area (Å²) in [6.07, 6.45) is 0.0523. The van der Waals surface area contributed by atoms with Crippen LogP contribution in [0.3, 0.4) is 0 Å². The van der Waals surface area contributed by atoms with Gasteiger partial charge in [0.05, 0.1) is 64.2 Å². The van der Waals surface area contributed by atoms with Crippen molar-refractivity contribution in [2.24, 2.45) is 0 Å². The Hall–Kier alpha value is -4.11. The van der Waals surface area contributed by atoms with Crippen LogP contribution in [0.25, 0.3) is 11.4 Å². The Morgan fingerprint density at radius 3 is 1.75 bits per heavy atom. The molecule has 0 saturated carbocycles. The molecule has 14 heteroatoms. The minimum absolute atomic E-state index is 0.0523. The summed E-state index contributed by atoms with van der Waals surface area (Å²) in [5.74, 6) is 1.43. The number of hydrogen-bond donors (Lipinski definition) is 0. The molecule has 0 amide bonds. The molecule has 0 aliphatic rings. The molecule has 0 bridgehead atoms. The van der Waals surface area contributed by atoms with Crippen LogP contribution in [-0.2, 0) is 23.7 Å². The minimum atomic E-state index is -0.524. The van der Waals surface area contributed by atoms with E-state index in [9.17, 15) is 14.9 Å². The van der Waals surface area contributed by atoms with E-state index in [-0.39, 0.29) is 24.5 Å². The van der Waals surface area contributed by atoms with Gasteiger partial charge in [-0.1, -0.05) is 0 Å². The summed E-state index contributed by atoms with van der Waals surface area (Å²) >= 11 is 0. The number of benzene rings is 2. The van der Waals surface area contributed by atoms with Crippen LogP contribution in [0.1, 0.15) is 12.2 Å². The first-order valence-electron chi connectivity index (χ1n) is 12.5. The van der Waals surface area contributed by atoms with Gasteiger partial charge in [0, 0.05) is 17.7 Å². The summed E-state index contributed by atoms with van der Waals surface area (Å²) < 4.78 is 32.4. The average Bonchev–Trinajstić information content (AvgIpc) is 2.96. The second-order valence-corrected chi connectivity index (χ2v) is 8.07. The number of aromatic nitrogens is 4. The lowest BCUT2D eigenvalue weighted by molar-refractivity contribution is -0.384. The number of ether oxygens (including phenoxy) is 6. The summed E-state index contributed by atoms with van der Waals surface area (Å²) in [4.78, 5) is 21.9. The zero-order chi connectivity index (χ0) is 28.4. The van der Waals surface area contributed by atoms with Gasteiger partial charge in [-0.3, -0.25) is 14.9 Å². The number of aryl methyl sites for hydroxylation is 1. The lowest BCUT2D eigenvalue weighted by Gasteiger charge is -2.09. The summed E-state index contributed by atoms with van der Waals surface area (Å²) in [5, 5.41) is 26.4. The van der Waals surface area contributed by atoms with Crippen molar-refractivity contribution in [1.82, 2.24) is 20.4 Å². The second-order valence-electron chi connectivity index (χ2n) is 8.07. The zero-order valence-electron chi connectivity index (χ0n) is 22.1. The van der Waals surface area contributed by atoms with E-state index < -0.39 is 10.9 Å². The zero-order valence-corrected chi connectivity index (χ0v) is 22.1. The molecule has 0 radical (unpaired) electrons. The van der Waals surface area contributed by atoms with Crippen LogP contribution in [0.2, 0.25) is 0 Å². The van der Waals surface area contributed by atoms with Gasteiger partial charge in [0.2, 0.25) is 5.82 Å². The Kier molecular flexibility index (Phi) is 13.3. The maximum absolute atomic E-state index is 11.8. The molecule has 2 aromatic carbocycles. The van der Waals surface area contributed by atoms with E-state index in [0.29, 0.717) is 70.3 Å². The van der Waals surface area contributed by atoms with E-state index in [1.54, 1.807) is 6.92 Å². The highest BCUT2D eigenvalue weighted by Crippen LogP contribution is 2.19. The molecule has 1 heterocycles. The van der Waals surface area contributed by atoms with Crippen molar-refractivity contribution in [3.8, 4) is 22.9 Å². The van der Waals surface area contributed by atoms with Gasteiger partial charge in [-0.25, -0.2) is 0 Å². The third kappa shape index (κ3) is 11.7. The van der Waals surface area contributed by atoms with E-state index in [0.717, 1.165) is 5.56 Å². The number of carbonyl (C=O) groups excluding carboxylic acids is 1. The highest BCUT2D eigenvalue weighted by Gasteiger charge is 2.08. The third-order valence-corrected chi connectivity index (χ3v) is 5.03. The summed E-state index contributed by atoms with van der Waals surface area (Å²) in [7, 11) is 0. The van der Waals surface area contributed by atoms with E-state index >= 15 is 0 Å². The first-order valence-corrected chi connectivity index (χ1v) is 12.5. The topological polar surface area (TPSA) is 167 Å². The number of carbonyl (C=O) groups is 1. The lowest BCUT2D eigenvalue weighted by Crippen LogP contribution is -2.15. The highest BCUT2D eigenvalue weighted by molar-refractivity contribution is 5.72. The van der Waals surface area contributed by atoms with Gasteiger partial charge in [0.25, 0.3) is 5.69 Å². The van der Waals surface area contributed by atoms with Gasteiger partial charge in [-0.2, -0.15) is 0 Å². The molecule has 0 spiro atoms. The van der Waals surface area contributed by atoms with E-state index in [2.05, 4.69) is 20.4 Å². The summed E-state index contributed by atoms with van der Waals surface area (Å²) in [6.45, 7) is 5.12. The molecule has 40 heavy (non-hydrogen) atoms. The average molecular weight is 558 g/mol. The first kappa shape index (κ1) is 30.4. The maximum atomic E-state index is 11.8. The molecular weight excluding hydrogens is 526 g/mol. The first-order chi connectivity index (χ1) is 19.5. The van der Waals surface area contributed by atoms with Crippen LogP contribution in [0.15, 0.2) is 48.5 Å². The number of nitrogens with zero attached hydrogens (tertiary/aromatic N) is 5. The molecular formula is C26H31N5O9. The Balaban J connectivity index is 1.08. The standard InChI is InChI=1S/C26H31N5O9/c1-20-27-29-26(30-28-20)21-2-6-23(7-3-21)39-19-18-38-17-16-37-15-14-36-13-12-35-11-10-25(32)40-24-8-4-22(5-9-24)31(33)34/h2-9H,10-19H2,1H3.